The molecule has 0 aromatic heterocycles. The predicted molar refractivity (Wildman–Crippen MR) is 74.5 cm³/mol. The molecular weight excluding hydrogens is 270 g/mol. The standard InChI is InChI=1S/C16H17NO4/c18-13-10-12(11-6-2-1-3-7-11)14(19)17(13)16(15(20)21)8-4-5-9-16/h1-3,6-7,12H,4-5,8-10H2,(H,20,21). The Balaban J connectivity index is 1.96. The number of imide groups is 1. The third kappa shape index (κ3) is 2.04. The van der Waals surface area contributed by atoms with Crippen molar-refractivity contribution in [1.29, 1.82) is 0 Å². The minimum atomic E-state index is -1.32. The predicted octanol–water partition coefficient (Wildman–Crippen LogP) is 1.93. The van der Waals surface area contributed by atoms with Gasteiger partial charge in [0.2, 0.25) is 11.8 Å². The second-order valence-electron chi connectivity index (χ2n) is 5.78. The van der Waals surface area contributed by atoms with Gasteiger partial charge in [0.05, 0.1) is 5.92 Å². The topological polar surface area (TPSA) is 74.7 Å². The summed E-state index contributed by atoms with van der Waals surface area (Å²) >= 11 is 0. The van der Waals surface area contributed by atoms with Crippen molar-refractivity contribution in [3.8, 4) is 0 Å². The van der Waals surface area contributed by atoms with E-state index in [-0.39, 0.29) is 18.2 Å². The average Bonchev–Trinajstić information content (AvgIpc) is 3.06. The summed E-state index contributed by atoms with van der Waals surface area (Å²) in [5, 5.41) is 9.57. The van der Waals surface area contributed by atoms with Crippen LogP contribution in [0.5, 0.6) is 0 Å². The zero-order valence-electron chi connectivity index (χ0n) is 11.6. The average molecular weight is 287 g/mol. The molecule has 1 saturated carbocycles. The van der Waals surface area contributed by atoms with Crippen LogP contribution in [0, 0.1) is 0 Å². The molecule has 2 amide bonds. The molecule has 1 aromatic carbocycles. The Morgan fingerprint density at radius 3 is 2.33 bits per heavy atom. The Bertz CT molecular complexity index is 590. The molecule has 0 radical (unpaired) electrons. The molecule has 5 heteroatoms. The lowest BCUT2D eigenvalue weighted by Gasteiger charge is -2.33. The molecule has 21 heavy (non-hydrogen) atoms. The first-order valence-electron chi connectivity index (χ1n) is 7.21. The number of amides is 2. The maximum absolute atomic E-state index is 12.7. The van der Waals surface area contributed by atoms with Crippen molar-refractivity contribution < 1.29 is 19.5 Å². The highest BCUT2D eigenvalue weighted by Crippen LogP contribution is 2.42. The zero-order chi connectivity index (χ0) is 15.0. The highest BCUT2D eigenvalue weighted by atomic mass is 16.4. The number of hydrogen-bond donors (Lipinski definition) is 1. The molecule has 0 bridgehead atoms. The van der Waals surface area contributed by atoms with Crippen LogP contribution in [0.15, 0.2) is 30.3 Å². The lowest BCUT2D eigenvalue weighted by Crippen LogP contribution is -2.55. The van der Waals surface area contributed by atoms with E-state index in [4.69, 9.17) is 0 Å². The number of benzene rings is 1. The molecule has 5 nitrogen and oxygen atoms in total. The molecule has 0 spiro atoms. The van der Waals surface area contributed by atoms with Crippen molar-refractivity contribution in [3.63, 3.8) is 0 Å². The highest BCUT2D eigenvalue weighted by molar-refractivity contribution is 6.09. The summed E-state index contributed by atoms with van der Waals surface area (Å²) in [5.74, 6) is -2.33. The summed E-state index contributed by atoms with van der Waals surface area (Å²) in [6.45, 7) is 0. The third-order valence-electron chi connectivity index (χ3n) is 4.61. The van der Waals surface area contributed by atoms with E-state index in [9.17, 15) is 19.5 Å². The van der Waals surface area contributed by atoms with E-state index in [1.165, 1.54) is 0 Å². The molecule has 2 aliphatic rings. The Kier molecular flexibility index (Phi) is 3.27. The first-order chi connectivity index (χ1) is 10.1. The molecule has 110 valence electrons. The zero-order valence-corrected chi connectivity index (χ0v) is 11.6. The molecule has 1 saturated heterocycles. The van der Waals surface area contributed by atoms with E-state index in [2.05, 4.69) is 0 Å². The second-order valence-corrected chi connectivity index (χ2v) is 5.78. The van der Waals surface area contributed by atoms with E-state index in [1.54, 1.807) is 12.1 Å². The van der Waals surface area contributed by atoms with E-state index < -0.39 is 17.4 Å². The van der Waals surface area contributed by atoms with Crippen LogP contribution < -0.4 is 0 Å². The molecule has 1 N–H and O–H groups in total. The lowest BCUT2D eigenvalue weighted by atomic mass is 9.94. The Hall–Kier alpha value is -2.17. The van der Waals surface area contributed by atoms with Crippen molar-refractivity contribution in [2.75, 3.05) is 0 Å². The van der Waals surface area contributed by atoms with Crippen molar-refractivity contribution in [3.05, 3.63) is 35.9 Å². The first kappa shape index (κ1) is 13.8. The van der Waals surface area contributed by atoms with Gasteiger partial charge in [-0.3, -0.25) is 14.5 Å². The fourth-order valence-corrected chi connectivity index (χ4v) is 3.52. The van der Waals surface area contributed by atoms with Gasteiger partial charge in [0.25, 0.3) is 0 Å². The van der Waals surface area contributed by atoms with Crippen LogP contribution in [0.1, 0.15) is 43.6 Å². The van der Waals surface area contributed by atoms with Gasteiger partial charge >= 0.3 is 5.97 Å². The second kappa shape index (κ2) is 4.98. The Labute approximate surface area is 122 Å². The largest absolute Gasteiger partial charge is 0.479 e. The summed E-state index contributed by atoms with van der Waals surface area (Å²) in [4.78, 5) is 37.7. The number of nitrogens with zero attached hydrogens (tertiary/aromatic N) is 1. The van der Waals surface area contributed by atoms with Gasteiger partial charge in [-0.1, -0.05) is 43.2 Å². The van der Waals surface area contributed by atoms with Crippen molar-refractivity contribution in [1.82, 2.24) is 4.90 Å². The summed E-state index contributed by atoms with van der Waals surface area (Å²) in [6, 6.07) is 9.09. The van der Waals surface area contributed by atoms with Crippen molar-refractivity contribution in [2.24, 2.45) is 0 Å². The molecule has 1 atom stereocenters. The fraction of sp³-hybridized carbons (Fsp3) is 0.438. The summed E-state index contributed by atoms with van der Waals surface area (Å²) in [7, 11) is 0. The SMILES string of the molecule is O=C1CC(c2ccccc2)C(=O)N1C1(C(=O)O)CCCC1. The monoisotopic (exact) mass is 287 g/mol. The Morgan fingerprint density at radius 1 is 1.14 bits per heavy atom. The van der Waals surface area contributed by atoms with Gasteiger partial charge in [0, 0.05) is 6.42 Å². The number of carbonyl (C=O) groups excluding carboxylic acids is 2. The number of likely N-dealkylation sites (tertiary alicyclic amines) is 1. The van der Waals surface area contributed by atoms with Gasteiger partial charge < -0.3 is 5.11 Å². The summed E-state index contributed by atoms with van der Waals surface area (Å²) < 4.78 is 0. The molecule has 3 rings (SSSR count). The highest BCUT2D eigenvalue weighted by Gasteiger charge is 2.56. The molecule has 1 heterocycles. The normalized spacial score (nSPS) is 24.6. The van der Waals surface area contributed by atoms with Gasteiger partial charge in [0.15, 0.2) is 0 Å². The van der Waals surface area contributed by atoms with Crippen LogP contribution in [0.2, 0.25) is 0 Å². The van der Waals surface area contributed by atoms with E-state index in [0.717, 1.165) is 23.3 Å². The fourth-order valence-electron chi connectivity index (χ4n) is 3.52. The van der Waals surface area contributed by atoms with E-state index in [0.29, 0.717) is 12.8 Å². The van der Waals surface area contributed by atoms with Crippen molar-refractivity contribution in [2.45, 2.75) is 43.6 Å². The molecule has 2 fully saturated rings. The molecule has 1 aliphatic carbocycles. The molecule has 1 aromatic rings. The van der Waals surface area contributed by atoms with Gasteiger partial charge in [-0.15, -0.1) is 0 Å². The van der Waals surface area contributed by atoms with Crippen molar-refractivity contribution >= 4 is 17.8 Å². The first-order valence-corrected chi connectivity index (χ1v) is 7.21. The van der Waals surface area contributed by atoms with Crippen LogP contribution in [0.3, 0.4) is 0 Å². The lowest BCUT2D eigenvalue weighted by molar-refractivity contribution is -0.162. The van der Waals surface area contributed by atoms with Crippen LogP contribution in [-0.2, 0) is 14.4 Å². The number of carboxylic acid groups (broad SMARTS) is 1. The van der Waals surface area contributed by atoms with E-state index >= 15 is 0 Å². The number of carbonyl (C=O) groups is 3. The van der Waals surface area contributed by atoms with Crippen LogP contribution in [-0.4, -0.2) is 33.3 Å². The Morgan fingerprint density at radius 2 is 1.76 bits per heavy atom. The number of carboxylic acids is 1. The summed E-state index contributed by atoms with van der Waals surface area (Å²) in [6.07, 6.45) is 2.26. The van der Waals surface area contributed by atoms with Gasteiger partial charge in [-0.05, 0) is 18.4 Å². The van der Waals surface area contributed by atoms with Gasteiger partial charge in [-0.25, -0.2) is 4.79 Å². The number of aliphatic carboxylic acids is 1. The quantitative estimate of drug-likeness (QED) is 0.862. The van der Waals surface area contributed by atoms with Crippen LogP contribution in [0.25, 0.3) is 0 Å². The minimum Gasteiger partial charge on any atom is -0.479 e. The van der Waals surface area contributed by atoms with Crippen LogP contribution >= 0.6 is 0 Å². The maximum Gasteiger partial charge on any atom is 0.330 e. The third-order valence-corrected chi connectivity index (χ3v) is 4.61. The van der Waals surface area contributed by atoms with Gasteiger partial charge in [0.1, 0.15) is 5.54 Å². The van der Waals surface area contributed by atoms with E-state index in [1.807, 2.05) is 18.2 Å². The minimum absolute atomic E-state index is 0.0673. The molecule has 1 unspecified atom stereocenters. The van der Waals surface area contributed by atoms with Crippen LogP contribution in [0.4, 0.5) is 0 Å². The smallest absolute Gasteiger partial charge is 0.330 e. The number of rotatable bonds is 3. The molecule has 1 aliphatic heterocycles. The number of hydrogen-bond acceptors (Lipinski definition) is 3. The maximum atomic E-state index is 12.7. The summed E-state index contributed by atoms with van der Waals surface area (Å²) in [5.41, 5.74) is -0.547. The molecular formula is C16H17NO4. The van der Waals surface area contributed by atoms with Gasteiger partial charge in [-0.2, -0.15) is 0 Å².